The third kappa shape index (κ3) is 3.31. The zero-order valence-electron chi connectivity index (χ0n) is 10.1. The van der Waals surface area contributed by atoms with Crippen LogP contribution in [0.15, 0.2) is 27.1 Å². The van der Waals surface area contributed by atoms with Crippen LogP contribution in [0.2, 0.25) is 0 Å². The van der Waals surface area contributed by atoms with Crippen molar-refractivity contribution in [3.63, 3.8) is 0 Å². The molecular weight excluding hydrogens is 258 g/mol. The van der Waals surface area contributed by atoms with E-state index in [1.54, 1.807) is 0 Å². The van der Waals surface area contributed by atoms with Crippen LogP contribution in [0.25, 0.3) is 0 Å². The molecule has 0 aliphatic rings. The number of hydrogen-bond acceptors (Lipinski definition) is 6. The first-order chi connectivity index (χ1) is 8.86. The fourth-order valence-electron chi connectivity index (χ4n) is 1.14. The Hall–Kier alpha value is -2.84. The molecule has 0 atom stereocenters. The van der Waals surface area contributed by atoms with Gasteiger partial charge in [0.2, 0.25) is 0 Å². The molecule has 0 aromatic carbocycles. The van der Waals surface area contributed by atoms with Crippen LogP contribution in [-0.2, 0) is 14.3 Å². The van der Waals surface area contributed by atoms with Crippen molar-refractivity contribution >= 4 is 17.6 Å². The molecule has 1 aromatic rings. The number of hydrogen-bond donors (Lipinski definition) is 4. The molecule has 0 saturated heterocycles. The number of aromatic nitrogens is 2. The number of anilines is 1. The number of aliphatic carboxylic acids is 1. The molecule has 9 nitrogen and oxygen atoms in total. The molecule has 0 radical (unpaired) electrons. The van der Waals surface area contributed by atoms with Crippen molar-refractivity contribution < 1.29 is 19.4 Å². The lowest BCUT2D eigenvalue weighted by molar-refractivity contribution is -0.137. The largest absolute Gasteiger partial charge is 0.478 e. The van der Waals surface area contributed by atoms with Crippen LogP contribution in [0.3, 0.4) is 0 Å². The minimum absolute atomic E-state index is 0.194. The van der Waals surface area contributed by atoms with Crippen molar-refractivity contribution in [1.82, 2.24) is 9.97 Å². The highest BCUT2D eigenvalue weighted by Gasteiger charge is 2.19. The molecule has 0 unspecified atom stereocenters. The minimum atomic E-state index is -1.35. The van der Waals surface area contributed by atoms with E-state index in [-0.39, 0.29) is 11.3 Å². The second kappa shape index (κ2) is 5.67. The summed E-state index contributed by atoms with van der Waals surface area (Å²) in [5, 5.41) is 11.2. The molecule has 9 heteroatoms. The summed E-state index contributed by atoms with van der Waals surface area (Å²) in [7, 11) is 1.07. The number of H-pyrrole nitrogens is 2. The van der Waals surface area contributed by atoms with Gasteiger partial charge in [-0.1, -0.05) is 0 Å². The predicted molar refractivity (Wildman–Crippen MR) is 63.7 cm³/mol. The third-order valence-electron chi connectivity index (χ3n) is 2.16. The summed E-state index contributed by atoms with van der Waals surface area (Å²) in [6, 6.07) is 0. The molecule has 0 fully saturated rings. The van der Waals surface area contributed by atoms with Gasteiger partial charge in [0.15, 0.2) is 0 Å². The summed E-state index contributed by atoms with van der Waals surface area (Å²) in [5.41, 5.74) is -2.47. The fourth-order valence-corrected chi connectivity index (χ4v) is 1.14. The topological polar surface area (TPSA) is 141 Å². The van der Waals surface area contributed by atoms with Crippen LogP contribution in [0.1, 0.15) is 6.92 Å². The van der Waals surface area contributed by atoms with Crippen molar-refractivity contribution in [2.24, 2.45) is 0 Å². The van der Waals surface area contributed by atoms with E-state index in [4.69, 9.17) is 5.11 Å². The molecular formula is C10H11N3O6. The number of esters is 1. The van der Waals surface area contributed by atoms with Gasteiger partial charge in [0.1, 0.15) is 11.4 Å². The molecule has 1 aromatic heterocycles. The number of rotatable bonds is 4. The summed E-state index contributed by atoms with van der Waals surface area (Å²) in [6.45, 7) is 1.17. The van der Waals surface area contributed by atoms with Gasteiger partial charge in [-0.05, 0) is 6.92 Å². The molecule has 0 saturated carbocycles. The van der Waals surface area contributed by atoms with Crippen molar-refractivity contribution in [2.75, 3.05) is 12.4 Å². The van der Waals surface area contributed by atoms with Crippen molar-refractivity contribution in [3.8, 4) is 0 Å². The Morgan fingerprint density at radius 3 is 2.47 bits per heavy atom. The maximum Gasteiger partial charge on any atom is 0.355 e. The maximum absolute atomic E-state index is 11.5. The Labute approximate surface area is 105 Å². The maximum atomic E-state index is 11.5. The quantitative estimate of drug-likeness (QED) is 0.406. The Balaban J connectivity index is 3.27. The molecule has 0 spiro atoms. The van der Waals surface area contributed by atoms with Crippen LogP contribution in [0.5, 0.6) is 0 Å². The first-order valence-electron chi connectivity index (χ1n) is 4.98. The second-order valence-corrected chi connectivity index (χ2v) is 3.41. The van der Waals surface area contributed by atoms with Gasteiger partial charge in [-0.25, -0.2) is 14.4 Å². The molecule has 1 rings (SSSR count). The number of carbonyl (C=O) groups excluding carboxylic acids is 1. The van der Waals surface area contributed by atoms with Gasteiger partial charge < -0.3 is 20.1 Å². The van der Waals surface area contributed by atoms with Gasteiger partial charge >= 0.3 is 17.6 Å². The number of aromatic amines is 2. The molecule has 0 aliphatic heterocycles. The standard InChI is InChI=1S/C10H11N3O6/c1-4(8(15)16)6(9(17)19-2)12-5-3-11-10(18)13-7(5)14/h3,12H,1-2H3,(H,15,16)(H2,11,13,14,18). The van der Waals surface area contributed by atoms with Crippen LogP contribution in [0, 0.1) is 0 Å². The highest BCUT2D eigenvalue weighted by molar-refractivity contribution is 6.01. The number of carboxylic acids is 1. The van der Waals surface area contributed by atoms with Gasteiger partial charge in [0, 0.05) is 6.20 Å². The van der Waals surface area contributed by atoms with Crippen molar-refractivity contribution in [2.45, 2.75) is 6.92 Å². The molecule has 102 valence electrons. The van der Waals surface area contributed by atoms with E-state index < -0.39 is 28.9 Å². The lowest BCUT2D eigenvalue weighted by atomic mass is 10.2. The normalized spacial score (nSPS) is 11.5. The summed E-state index contributed by atoms with van der Waals surface area (Å²) < 4.78 is 4.41. The Morgan fingerprint density at radius 2 is 2.00 bits per heavy atom. The van der Waals surface area contributed by atoms with Crippen LogP contribution in [-0.4, -0.2) is 34.1 Å². The predicted octanol–water partition coefficient (Wildman–Crippen LogP) is -0.993. The first kappa shape index (κ1) is 14.2. The van der Waals surface area contributed by atoms with E-state index >= 15 is 0 Å². The average Bonchev–Trinajstić information content (AvgIpc) is 2.36. The highest BCUT2D eigenvalue weighted by atomic mass is 16.5. The Bertz CT molecular complexity index is 654. The van der Waals surface area contributed by atoms with Gasteiger partial charge in [-0.15, -0.1) is 0 Å². The van der Waals surface area contributed by atoms with E-state index in [1.165, 1.54) is 6.92 Å². The third-order valence-corrected chi connectivity index (χ3v) is 2.16. The summed E-state index contributed by atoms with van der Waals surface area (Å²) in [5.74, 6) is -2.31. The highest BCUT2D eigenvalue weighted by Crippen LogP contribution is 2.09. The molecule has 19 heavy (non-hydrogen) atoms. The summed E-state index contributed by atoms with van der Waals surface area (Å²) in [4.78, 5) is 48.6. The number of ether oxygens (including phenoxy) is 1. The fraction of sp³-hybridized carbons (Fsp3) is 0.200. The number of nitrogens with one attached hydrogen (secondary N) is 3. The molecule has 0 amide bonds. The van der Waals surface area contributed by atoms with Crippen molar-refractivity contribution in [3.05, 3.63) is 38.3 Å². The summed E-state index contributed by atoms with van der Waals surface area (Å²) in [6.07, 6.45) is 1.01. The van der Waals surface area contributed by atoms with E-state index in [1.807, 2.05) is 4.98 Å². The molecule has 0 bridgehead atoms. The zero-order chi connectivity index (χ0) is 14.6. The SMILES string of the molecule is COC(=O)C(Nc1c[nH]c(=O)[nH]c1=O)=C(C)C(=O)O. The summed E-state index contributed by atoms with van der Waals surface area (Å²) >= 11 is 0. The number of methoxy groups -OCH3 is 1. The second-order valence-electron chi connectivity index (χ2n) is 3.41. The van der Waals surface area contributed by atoms with Crippen molar-refractivity contribution in [1.29, 1.82) is 0 Å². The van der Waals surface area contributed by atoms with E-state index in [0.29, 0.717) is 0 Å². The Kier molecular flexibility index (Phi) is 4.24. The van der Waals surface area contributed by atoms with Crippen LogP contribution in [0.4, 0.5) is 5.69 Å². The minimum Gasteiger partial charge on any atom is -0.478 e. The average molecular weight is 269 g/mol. The van der Waals surface area contributed by atoms with E-state index in [0.717, 1.165) is 13.3 Å². The first-order valence-corrected chi connectivity index (χ1v) is 4.98. The smallest absolute Gasteiger partial charge is 0.355 e. The van der Waals surface area contributed by atoms with Gasteiger partial charge in [0.05, 0.1) is 12.7 Å². The van der Waals surface area contributed by atoms with Gasteiger partial charge in [0.25, 0.3) is 5.56 Å². The lowest BCUT2D eigenvalue weighted by Crippen LogP contribution is -2.27. The van der Waals surface area contributed by atoms with Crippen LogP contribution < -0.4 is 16.6 Å². The van der Waals surface area contributed by atoms with Crippen LogP contribution >= 0.6 is 0 Å². The van der Waals surface area contributed by atoms with Gasteiger partial charge in [-0.3, -0.25) is 9.78 Å². The van der Waals surface area contributed by atoms with E-state index in [2.05, 4.69) is 15.0 Å². The number of carboxylic acid groups (broad SMARTS) is 1. The molecule has 4 N–H and O–H groups in total. The van der Waals surface area contributed by atoms with Gasteiger partial charge in [-0.2, -0.15) is 0 Å². The monoisotopic (exact) mass is 269 g/mol. The molecule has 1 heterocycles. The number of carbonyl (C=O) groups is 2. The lowest BCUT2D eigenvalue weighted by Gasteiger charge is -2.09. The zero-order valence-corrected chi connectivity index (χ0v) is 10.1. The Morgan fingerprint density at radius 1 is 1.37 bits per heavy atom. The van der Waals surface area contributed by atoms with E-state index in [9.17, 15) is 19.2 Å². The molecule has 0 aliphatic carbocycles.